The summed E-state index contributed by atoms with van der Waals surface area (Å²) >= 11 is 3.54. The zero-order valence-corrected chi connectivity index (χ0v) is 13.0. The predicted octanol–water partition coefficient (Wildman–Crippen LogP) is 4.36. The lowest BCUT2D eigenvalue weighted by Crippen LogP contribution is -2.08. The van der Waals surface area contributed by atoms with Crippen LogP contribution in [0.2, 0.25) is 0 Å². The molecule has 0 aliphatic heterocycles. The van der Waals surface area contributed by atoms with Gasteiger partial charge in [0.05, 0.1) is 11.6 Å². The molecular formula is C15H17BrN2O. The molecule has 0 spiro atoms. The first kappa shape index (κ1) is 15.5. The van der Waals surface area contributed by atoms with E-state index in [1.54, 1.807) is 6.07 Å². The maximum Gasteiger partial charge on any atom is 0.221 e. The van der Waals surface area contributed by atoms with E-state index in [9.17, 15) is 4.79 Å². The number of nitrogens with zero attached hydrogens (tertiary/aromatic N) is 1. The van der Waals surface area contributed by atoms with Crippen LogP contribution >= 0.6 is 15.9 Å². The normalized spacial score (nSPS) is 11.0. The van der Waals surface area contributed by atoms with Crippen LogP contribution in [0.1, 0.15) is 43.4 Å². The quantitative estimate of drug-likeness (QED) is 0.896. The summed E-state index contributed by atoms with van der Waals surface area (Å²) in [7, 11) is 0. The molecule has 1 aromatic carbocycles. The number of rotatable bonds is 4. The second-order valence-electron chi connectivity index (χ2n) is 4.33. The van der Waals surface area contributed by atoms with Crippen molar-refractivity contribution < 1.29 is 4.79 Å². The van der Waals surface area contributed by atoms with Crippen LogP contribution in [0.4, 0.5) is 5.69 Å². The Morgan fingerprint density at radius 1 is 1.53 bits per heavy atom. The number of nitrogens with one attached hydrogen (secondary N) is 1. The van der Waals surface area contributed by atoms with Crippen LogP contribution in [0.15, 0.2) is 18.2 Å². The Morgan fingerprint density at radius 3 is 2.74 bits per heavy atom. The van der Waals surface area contributed by atoms with Gasteiger partial charge in [-0.05, 0) is 36.6 Å². The van der Waals surface area contributed by atoms with Gasteiger partial charge < -0.3 is 5.32 Å². The summed E-state index contributed by atoms with van der Waals surface area (Å²) in [5.41, 5.74) is 3.11. The van der Waals surface area contributed by atoms with Crippen molar-refractivity contribution in [2.75, 3.05) is 5.32 Å². The van der Waals surface area contributed by atoms with Crippen LogP contribution in [-0.2, 0) is 4.79 Å². The molecule has 1 amide bonds. The minimum absolute atomic E-state index is 0.141. The minimum Gasteiger partial charge on any atom is -0.326 e. The van der Waals surface area contributed by atoms with E-state index in [4.69, 9.17) is 5.26 Å². The van der Waals surface area contributed by atoms with E-state index in [2.05, 4.69) is 40.3 Å². The number of carbonyl (C=O) groups excluding carboxylic acids is 1. The lowest BCUT2D eigenvalue weighted by Gasteiger charge is -2.12. The molecule has 0 atom stereocenters. The number of hydrogen-bond acceptors (Lipinski definition) is 2. The molecule has 0 aliphatic carbocycles. The molecule has 0 unspecified atom stereocenters. The van der Waals surface area contributed by atoms with Gasteiger partial charge >= 0.3 is 0 Å². The molecule has 0 aromatic heterocycles. The molecule has 4 heteroatoms. The van der Waals surface area contributed by atoms with Crippen molar-refractivity contribution in [1.29, 1.82) is 5.26 Å². The van der Waals surface area contributed by atoms with Gasteiger partial charge in [0.2, 0.25) is 5.91 Å². The van der Waals surface area contributed by atoms with Crippen LogP contribution in [0, 0.1) is 18.3 Å². The Morgan fingerprint density at radius 2 is 2.21 bits per heavy atom. The van der Waals surface area contributed by atoms with E-state index in [1.165, 1.54) is 6.92 Å². The summed E-state index contributed by atoms with van der Waals surface area (Å²) in [5, 5.41) is 11.8. The van der Waals surface area contributed by atoms with Gasteiger partial charge in [0.15, 0.2) is 0 Å². The average molecular weight is 321 g/mol. The molecule has 1 aromatic rings. The lowest BCUT2D eigenvalue weighted by atomic mass is 10.0. The Bertz CT molecular complexity index is 556. The minimum atomic E-state index is -0.141. The van der Waals surface area contributed by atoms with Crippen LogP contribution in [-0.4, -0.2) is 5.91 Å². The molecular weight excluding hydrogens is 304 g/mol. The second-order valence-corrected chi connectivity index (χ2v) is 5.18. The first-order chi connectivity index (χ1) is 8.99. The smallest absolute Gasteiger partial charge is 0.221 e. The van der Waals surface area contributed by atoms with Gasteiger partial charge in [0, 0.05) is 17.1 Å². The molecule has 0 radical (unpaired) electrons. The van der Waals surface area contributed by atoms with E-state index >= 15 is 0 Å². The number of amides is 1. The molecule has 3 nitrogen and oxygen atoms in total. The van der Waals surface area contributed by atoms with Crippen molar-refractivity contribution in [2.45, 2.75) is 33.6 Å². The summed E-state index contributed by atoms with van der Waals surface area (Å²) in [6.45, 7) is 5.50. The molecule has 0 saturated carbocycles. The van der Waals surface area contributed by atoms with E-state index in [-0.39, 0.29) is 5.91 Å². The van der Waals surface area contributed by atoms with Gasteiger partial charge in [-0.15, -0.1) is 0 Å². The van der Waals surface area contributed by atoms with Crippen molar-refractivity contribution in [3.63, 3.8) is 0 Å². The largest absolute Gasteiger partial charge is 0.326 e. The second kappa shape index (κ2) is 7.10. The van der Waals surface area contributed by atoms with Gasteiger partial charge in [-0.1, -0.05) is 35.4 Å². The molecule has 0 saturated heterocycles. The predicted molar refractivity (Wildman–Crippen MR) is 82.0 cm³/mol. The van der Waals surface area contributed by atoms with Crippen molar-refractivity contribution in [3.8, 4) is 6.07 Å². The standard InChI is InChI=1S/C15H17BrN2O/c1-4-5-6-14(16)13-7-12(9-17)8-15(10(13)2)18-11(3)19/h6-8H,4-5H2,1-3H3,(H,18,19)/b14-6+. The van der Waals surface area contributed by atoms with E-state index in [1.807, 2.05) is 13.0 Å². The highest BCUT2D eigenvalue weighted by Crippen LogP contribution is 2.31. The van der Waals surface area contributed by atoms with E-state index in [0.717, 1.165) is 28.5 Å². The number of nitriles is 1. The van der Waals surface area contributed by atoms with Gasteiger partial charge in [0.1, 0.15) is 0 Å². The Balaban J connectivity index is 3.31. The Kier molecular flexibility index (Phi) is 5.78. The van der Waals surface area contributed by atoms with Crippen LogP contribution in [0.25, 0.3) is 4.48 Å². The first-order valence-electron chi connectivity index (χ1n) is 6.18. The number of allylic oxidation sites excluding steroid dienone is 1. The number of unbranched alkanes of at least 4 members (excludes halogenated alkanes) is 1. The molecule has 1 N–H and O–H groups in total. The number of anilines is 1. The Hall–Kier alpha value is -1.60. The van der Waals surface area contributed by atoms with Gasteiger partial charge in [0.25, 0.3) is 0 Å². The topological polar surface area (TPSA) is 52.9 Å². The third kappa shape index (κ3) is 4.22. The van der Waals surface area contributed by atoms with Crippen LogP contribution in [0.5, 0.6) is 0 Å². The highest BCUT2D eigenvalue weighted by atomic mass is 79.9. The Labute approximate surface area is 122 Å². The number of halogens is 1. The molecule has 0 heterocycles. The number of carbonyl (C=O) groups is 1. The highest BCUT2D eigenvalue weighted by molar-refractivity contribution is 9.15. The average Bonchev–Trinajstić information content (AvgIpc) is 2.37. The fourth-order valence-corrected chi connectivity index (χ4v) is 2.37. The van der Waals surface area contributed by atoms with Gasteiger partial charge in [-0.25, -0.2) is 0 Å². The van der Waals surface area contributed by atoms with E-state index in [0.29, 0.717) is 11.3 Å². The van der Waals surface area contributed by atoms with Gasteiger partial charge in [-0.3, -0.25) is 4.79 Å². The van der Waals surface area contributed by atoms with Crippen molar-refractivity contribution >= 4 is 32.0 Å². The molecule has 0 bridgehead atoms. The summed E-state index contributed by atoms with van der Waals surface area (Å²) in [6.07, 6.45) is 4.11. The van der Waals surface area contributed by atoms with Crippen molar-refractivity contribution in [3.05, 3.63) is 34.9 Å². The van der Waals surface area contributed by atoms with Gasteiger partial charge in [-0.2, -0.15) is 5.26 Å². The number of hydrogen-bond donors (Lipinski definition) is 1. The summed E-state index contributed by atoms with van der Waals surface area (Å²) in [5.74, 6) is -0.141. The monoisotopic (exact) mass is 320 g/mol. The summed E-state index contributed by atoms with van der Waals surface area (Å²) in [6, 6.07) is 5.64. The molecule has 0 aliphatic rings. The SMILES string of the molecule is CCC/C=C(/Br)c1cc(C#N)cc(NC(C)=O)c1C. The number of benzene rings is 1. The first-order valence-corrected chi connectivity index (χ1v) is 6.97. The van der Waals surface area contributed by atoms with Crippen LogP contribution < -0.4 is 5.32 Å². The third-order valence-corrected chi connectivity index (χ3v) is 3.47. The summed E-state index contributed by atoms with van der Waals surface area (Å²) < 4.78 is 0.954. The molecule has 1 rings (SSSR count). The highest BCUT2D eigenvalue weighted by Gasteiger charge is 2.10. The third-order valence-electron chi connectivity index (χ3n) is 2.72. The molecule has 100 valence electrons. The van der Waals surface area contributed by atoms with Crippen molar-refractivity contribution in [1.82, 2.24) is 0 Å². The van der Waals surface area contributed by atoms with Crippen molar-refractivity contribution in [2.24, 2.45) is 0 Å². The van der Waals surface area contributed by atoms with E-state index < -0.39 is 0 Å². The summed E-state index contributed by atoms with van der Waals surface area (Å²) in [4.78, 5) is 11.2. The zero-order valence-electron chi connectivity index (χ0n) is 11.4. The molecule has 0 fully saturated rings. The van der Waals surface area contributed by atoms with Crippen LogP contribution in [0.3, 0.4) is 0 Å². The lowest BCUT2D eigenvalue weighted by molar-refractivity contribution is -0.114. The maximum atomic E-state index is 11.2. The fourth-order valence-electron chi connectivity index (χ4n) is 1.73. The fraction of sp³-hybridized carbons (Fsp3) is 0.333. The molecule has 19 heavy (non-hydrogen) atoms. The zero-order chi connectivity index (χ0) is 14.4. The maximum absolute atomic E-state index is 11.2.